The van der Waals surface area contributed by atoms with Crippen LogP contribution in [0.15, 0.2) is 23.0 Å². The molecule has 1 heterocycles. The Morgan fingerprint density at radius 3 is 2.36 bits per heavy atom. The first kappa shape index (κ1) is 16.3. The largest absolute Gasteiger partial charge is 0.313 e. The van der Waals surface area contributed by atoms with Crippen molar-refractivity contribution in [2.45, 2.75) is 20.8 Å². The van der Waals surface area contributed by atoms with E-state index in [4.69, 9.17) is 0 Å². The number of carbonyl (C=O) groups is 1. The first-order chi connectivity index (χ1) is 10.2. The third-order valence-electron chi connectivity index (χ3n) is 2.96. The number of hydrogen-bond donors (Lipinski definition) is 1. The molecule has 1 aromatic heterocycles. The molecule has 0 unspecified atom stereocenters. The highest BCUT2D eigenvalue weighted by Gasteiger charge is 2.18. The van der Waals surface area contributed by atoms with Gasteiger partial charge in [-0.2, -0.15) is 0 Å². The van der Waals surface area contributed by atoms with Crippen molar-refractivity contribution in [3.05, 3.63) is 54.9 Å². The Kier molecular flexibility index (Phi) is 4.42. The Hall–Kier alpha value is -2.08. The second kappa shape index (κ2) is 5.96. The standard InChI is InChI=1S/C16H15F2NO2S/c1-16(2,3)13(20)8-14-19-15(21)12(22-14)7-9-10(17)5-4-6-11(9)18/h4-8H,1-3H3,(H,19,21)/b12-7+,14-8+. The summed E-state index contributed by atoms with van der Waals surface area (Å²) >= 11 is 0.983. The van der Waals surface area contributed by atoms with E-state index in [0.717, 1.165) is 29.5 Å². The van der Waals surface area contributed by atoms with Crippen molar-refractivity contribution >= 4 is 29.3 Å². The number of carbonyl (C=O) groups excluding carboxylic acids is 1. The molecule has 116 valence electrons. The molecule has 0 fully saturated rings. The predicted octanol–water partition coefficient (Wildman–Crippen LogP) is 1.94. The smallest absolute Gasteiger partial charge is 0.266 e. The van der Waals surface area contributed by atoms with E-state index in [-0.39, 0.29) is 15.9 Å². The fourth-order valence-corrected chi connectivity index (χ4v) is 2.51. The molecular weight excluding hydrogens is 308 g/mol. The molecule has 0 saturated carbocycles. The van der Waals surface area contributed by atoms with Crippen molar-refractivity contribution in [1.29, 1.82) is 0 Å². The van der Waals surface area contributed by atoms with Gasteiger partial charge in [-0.25, -0.2) is 8.78 Å². The Labute approximate surface area is 129 Å². The van der Waals surface area contributed by atoms with E-state index in [1.54, 1.807) is 20.8 Å². The Morgan fingerprint density at radius 2 is 1.82 bits per heavy atom. The molecular formula is C16H15F2NO2S. The molecule has 2 aromatic rings. The van der Waals surface area contributed by atoms with Crippen LogP contribution in [0.25, 0.3) is 12.2 Å². The van der Waals surface area contributed by atoms with Gasteiger partial charge in [-0.15, -0.1) is 11.3 Å². The number of aromatic amines is 1. The van der Waals surface area contributed by atoms with Crippen LogP contribution >= 0.6 is 11.3 Å². The monoisotopic (exact) mass is 323 g/mol. The van der Waals surface area contributed by atoms with E-state index in [1.807, 2.05) is 0 Å². The molecule has 0 atom stereocenters. The molecule has 0 bridgehead atoms. The first-order valence-electron chi connectivity index (χ1n) is 6.59. The van der Waals surface area contributed by atoms with E-state index >= 15 is 0 Å². The van der Waals surface area contributed by atoms with E-state index in [9.17, 15) is 18.4 Å². The normalized spacial score (nSPS) is 13.7. The van der Waals surface area contributed by atoms with Crippen LogP contribution in [0.5, 0.6) is 0 Å². The average molecular weight is 323 g/mol. The minimum atomic E-state index is -0.746. The maximum absolute atomic E-state index is 13.6. The van der Waals surface area contributed by atoms with Gasteiger partial charge in [0.05, 0.1) is 9.20 Å². The lowest BCUT2D eigenvalue weighted by atomic mass is 9.91. The van der Waals surface area contributed by atoms with E-state index < -0.39 is 22.6 Å². The zero-order valence-electron chi connectivity index (χ0n) is 12.4. The van der Waals surface area contributed by atoms with Crippen molar-refractivity contribution in [3.63, 3.8) is 0 Å². The SMILES string of the molecule is CC(C)(C)C(=O)/C=c1\[nH]c(=O)/c(=C\c2c(F)cccc2F)s1. The summed E-state index contributed by atoms with van der Waals surface area (Å²) in [5, 5.41) is 0. The molecule has 6 heteroatoms. The first-order valence-corrected chi connectivity index (χ1v) is 7.41. The maximum Gasteiger partial charge on any atom is 0.266 e. The quantitative estimate of drug-likeness (QED) is 0.918. The van der Waals surface area contributed by atoms with Crippen molar-refractivity contribution in [2.24, 2.45) is 5.41 Å². The molecule has 2 rings (SSSR count). The van der Waals surface area contributed by atoms with Crippen LogP contribution < -0.4 is 14.8 Å². The number of thiazole rings is 1. The Morgan fingerprint density at radius 1 is 1.23 bits per heavy atom. The second-order valence-electron chi connectivity index (χ2n) is 5.82. The maximum atomic E-state index is 13.6. The number of halogens is 2. The van der Waals surface area contributed by atoms with Crippen molar-refractivity contribution in [2.75, 3.05) is 0 Å². The van der Waals surface area contributed by atoms with Gasteiger partial charge in [0.15, 0.2) is 5.78 Å². The van der Waals surface area contributed by atoms with Crippen LogP contribution in [-0.2, 0) is 4.79 Å². The van der Waals surface area contributed by atoms with Crippen LogP contribution in [0.2, 0.25) is 0 Å². The predicted molar refractivity (Wildman–Crippen MR) is 83.0 cm³/mol. The second-order valence-corrected chi connectivity index (χ2v) is 6.91. The fraction of sp³-hybridized carbons (Fsp3) is 0.250. The molecule has 1 N–H and O–H groups in total. The number of nitrogens with one attached hydrogen (secondary N) is 1. The highest BCUT2D eigenvalue weighted by Crippen LogP contribution is 2.15. The van der Waals surface area contributed by atoms with Crippen LogP contribution in [0, 0.1) is 17.0 Å². The van der Waals surface area contributed by atoms with Crippen molar-refractivity contribution in [3.8, 4) is 0 Å². The summed E-state index contributed by atoms with van der Waals surface area (Å²) in [6, 6.07) is 3.49. The number of rotatable bonds is 2. The summed E-state index contributed by atoms with van der Waals surface area (Å²) in [6.07, 6.45) is 2.48. The molecule has 0 aliphatic rings. The minimum absolute atomic E-state index is 0.136. The number of H-pyrrole nitrogens is 1. The molecule has 0 saturated heterocycles. The summed E-state index contributed by atoms with van der Waals surface area (Å²) in [6.45, 7) is 5.29. The molecule has 1 aromatic carbocycles. The van der Waals surface area contributed by atoms with Crippen molar-refractivity contribution < 1.29 is 13.6 Å². The van der Waals surface area contributed by atoms with E-state index in [2.05, 4.69) is 4.98 Å². The molecule has 0 amide bonds. The number of Topliss-reactive ketones (excluding diaryl/α,β-unsaturated/α-hetero) is 1. The number of hydrogen-bond acceptors (Lipinski definition) is 3. The summed E-state index contributed by atoms with van der Waals surface area (Å²) in [4.78, 5) is 26.3. The molecule has 22 heavy (non-hydrogen) atoms. The fourth-order valence-electron chi connectivity index (χ4n) is 1.64. The van der Waals surface area contributed by atoms with Gasteiger partial charge in [-0.05, 0) is 18.2 Å². The molecule has 0 spiro atoms. The van der Waals surface area contributed by atoms with Gasteiger partial charge < -0.3 is 4.98 Å². The van der Waals surface area contributed by atoms with E-state index in [1.165, 1.54) is 12.1 Å². The van der Waals surface area contributed by atoms with Crippen LogP contribution in [0.1, 0.15) is 26.3 Å². The van der Waals surface area contributed by atoms with Gasteiger partial charge in [-0.3, -0.25) is 9.59 Å². The van der Waals surface area contributed by atoms with Crippen LogP contribution in [0.3, 0.4) is 0 Å². The van der Waals surface area contributed by atoms with Gasteiger partial charge >= 0.3 is 0 Å². The highest BCUT2D eigenvalue weighted by molar-refractivity contribution is 7.07. The lowest BCUT2D eigenvalue weighted by Gasteiger charge is -2.12. The molecule has 0 radical (unpaired) electrons. The number of aromatic nitrogens is 1. The topological polar surface area (TPSA) is 49.9 Å². The van der Waals surface area contributed by atoms with Gasteiger partial charge in [-0.1, -0.05) is 26.8 Å². The molecule has 0 aliphatic carbocycles. The van der Waals surface area contributed by atoms with Crippen LogP contribution in [0.4, 0.5) is 8.78 Å². The highest BCUT2D eigenvalue weighted by atomic mass is 32.1. The summed E-state index contributed by atoms with van der Waals surface area (Å²) in [5.74, 6) is -1.64. The van der Waals surface area contributed by atoms with Crippen molar-refractivity contribution in [1.82, 2.24) is 4.98 Å². The van der Waals surface area contributed by atoms with E-state index in [0.29, 0.717) is 4.66 Å². The lowest BCUT2D eigenvalue weighted by molar-refractivity contribution is -0.119. The lowest BCUT2D eigenvalue weighted by Crippen LogP contribution is -2.22. The Balaban J connectivity index is 2.57. The summed E-state index contributed by atoms with van der Waals surface area (Å²) in [5.41, 5.74) is -1.33. The average Bonchev–Trinajstić information content (AvgIpc) is 2.73. The van der Waals surface area contributed by atoms with Gasteiger partial charge in [0.1, 0.15) is 11.6 Å². The minimum Gasteiger partial charge on any atom is -0.313 e. The zero-order valence-corrected chi connectivity index (χ0v) is 13.2. The number of ketones is 1. The number of benzene rings is 1. The Bertz CT molecular complexity index is 868. The van der Waals surface area contributed by atoms with Gasteiger partial charge in [0.25, 0.3) is 5.56 Å². The van der Waals surface area contributed by atoms with Crippen LogP contribution in [-0.4, -0.2) is 10.8 Å². The van der Waals surface area contributed by atoms with Gasteiger partial charge in [0.2, 0.25) is 0 Å². The molecule has 0 aliphatic heterocycles. The third-order valence-corrected chi connectivity index (χ3v) is 3.92. The summed E-state index contributed by atoms with van der Waals surface area (Å²) < 4.78 is 27.7. The zero-order chi connectivity index (χ0) is 16.5. The summed E-state index contributed by atoms with van der Waals surface area (Å²) in [7, 11) is 0. The van der Waals surface area contributed by atoms with Gasteiger partial charge in [0, 0.05) is 17.1 Å². The third kappa shape index (κ3) is 3.57. The molecule has 3 nitrogen and oxygen atoms in total.